The van der Waals surface area contributed by atoms with E-state index >= 15 is 0 Å². The zero-order chi connectivity index (χ0) is 41.2. The summed E-state index contributed by atoms with van der Waals surface area (Å²) in [5.41, 5.74) is 14.9. The molecular weight excluding hydrogens is 761 g/mol. The SMILES string of the molecule is c1ccc(N(c2ccc(-c3ccc(N(c4ccccc4)c4ccc(-c5nc6ccccc6n5-c5ccccc5)cc4)cc3)cc2)c2ccc(-c3nc4cccnc4o3)cc2)cc1. The minimum atomic E-state index is 0.532. The molecule has 7 nitrogen and oxygen atoms in total. The Bertz CT molecular complexity index is 3220. The summed E-state index contributed by atoms with van der Waals surface area (Å²) in [6.45, 7) is 0. The fourth-order valence-electron chi connectivity index (χ4n) is 8.12. The van der Waals surface area contributed by atoms with Crippen LogP contribution in [0.2, 0.25) is 0 Å². The van der Waals surface area contributed by atoms with Gasteiger partial charge in [0.25, 0.3) is 0 Å². The Kier molecular flexibility index (Phi) is 9.37. The van der Waals surface area contributed by atoms with Gasteiger partial charge in [0.15, 0.2) is 0 Å². The summed E-state index contributed by atoms with van der Waals surface area (Å²) in [7, 11) is 0. The maximum Gasteiger partial charge on any atom is 0.247 e. The molecule has 0 amide bonds. The van der Waals surface area contributed by atoms with Gasteiger partial charge >= 0.3 is 0 Å². The molecule has 0 fully saturated rings. The highest BCUT2D eigenvalue weighted by molar-refractivity contribution is 5.85. The molecule has 0 saturated carbocycles. The zero-order valence-electron chi connectivity index (χ0n) is 33.5. The topological polar surface area (TPSA) is 63.2 Å². The van der Waals surface area contributed by atoms with Gasteiger partial charge in [-0.25, -0.2) is 15.0 Å². The van der Waals surface area contributed by atoms with Crippen LogP contribution < -0.4 is 9.80 Å². The van der Waals surface area contributed by atoms with Gasteiger partial charge in [0.2, 0.25) is 11.6 Å². The summed E-state index contributed by atoms with van der Waals surface area (Å²) >= 11 is 0. The Morgan fingerprint density at radius 3 is 1.32 bits per heavy atom. The number of hydrogen-bond acceptors (Lipinski definition) is 6. The Balaban J connectivity index is 0.883. The van der Waals surface area contributed by atoms with Crippen molar-refractivity contribution in [1.82, 2.24) is 19.5 Å². The fraction of sp³-hybridized carbons (Fsp3) is 0. The molecule has 0 unspecified atom stereocenters. The van der Waals surface area contributed by atoms with E-state index < -0.39 is 0 Å². The molecule has 294 valence electrons. The van der Waals surface area contributed by atoms with Gasteiger partial charge in [0.1, 0.15) is 11.3 Å². The Labute approximate surface area is 359 Å². The first kappa shape index (κ1) is 36.5. The summed E-state index contributed by atoms with van der Waals surface area (Å²) in [6, 6.07) is 78.0. The minimum absolute atomic E-state index is 0.532. The van der Waals surface area contributed by atoms with E-state index in [-0.39, 0.29) is 0 Å². The van der Waals surface area contributed by atoms with E-state index in [4.69, 9.17) is 9.40 Å². The van der Waals surface area contributed by atoms with Crippen LogP contribution in [0.3, 0.4) is 0 Å². The second-order valence-electron chi connectivity index (χ2n) is 15.0. The summed E-state index contributed by atoms with van der Waals surface area (Å²) in [6.07, 6.45) is 1.71. The lowest BCUT2D eigenvalue weighted by Crippen LogP contribution is -2.10. The molecule has 3 aromatic heterocycles. The quantitative estimate of drug-likeness (QED) is 0.137. The lowest BCUT2D eigenvalue weighted by molar-refractivity contribution is 0.608. The van der Waals surface area contributed by atoms with Crippen LogP contribution >= 0.6 is 0 Å². The standard InChI is InChI=1S/C55H38N6O/c1-4-13-43(14-5-1)59(48-34-26-41(27-35-48)53-57-50-19-10-11-21-52(50)61(53)45-17-8-3-9-18-45)46-30-22-39(23-31-46)40-24-32-47(33-25-40)60(44-15-6-2-7-16-44)49-36-28-42(29-37-49)54-58-51-20-12-38-56-55(51)62-54/h1-38H. The van der Waals surface area contributed by atoms with E-state index in [0.29, 0.717) is 11.6 Å². The fourth-order valence-corrected chi connectivity index (χ4v) is 8.12. The first-order valence-corrected chi connectivity index (χ1v) is 20.6. The third kappa shape index (κ3) is 6.93. The molecule has 0 aliphatic carbocycles. The summed E-state index contributed by atoms with van der Waals surface area (Å²) in [4.78, 5) is 18.6. The normalized spacial score (nSPS) is 11.2. The number of pyridine rings is 1. The lowest BCUT2D eigenvalue weighted by Gasteiger charge is -2.26. The van der Waals surface area contributed by atoms with Crippen LogP contribution in [0.15, 0.2) is 235 Å². The van der Waals surface area contributed by atoms with Gasteiger partial charge in [-0.1, -0.05) is 91.0 Å². The van der Waals surface area contributed by atoms with E-state index in [2.05, 4.69) is 206 Å². The largest absolute Gasteiger partial charge is 0.418 e. The first-order chi connectivity index (χ1) is 30.7. The third-order valence-electron chi connectivity index (χ3n) is 11.1. The molecular formula is C55H38N6O. The molecule has 11 rings (SSSR count). The number of aromatic nitrogens is 4. The summed E-state index contributed by atoms with van der Waals surface area (Å²) in [5, 5.41) is 0. The molecule has 7 heteroatoms. The van der Waals surface area contributed by atoms with Crippen molar-refractivity contribution >= 4 is 56.4 Å². The smallest absolute Gasteiger partial charge is 0.247 e. The number of hydrogen-bond donors (Lipinski definition) is 0. The highest BCUT2D eigenvalue weighted by Crippen LogP contribution is 2.39. The number of imidazole rings is 1. The number of rotatable bonds is 10. The molecule has 0 atom stereocenters. The number of anilines is 6. The van der Waals surface area contributed by atoms with E-state index in [1.54, 1.807) is 6.20 Å². The average Bonchev–Trinajstić information content (AvgIpc) is 3.97. The van der Waals surface area contributed by atoms with E-state index in [9.17, 15) is 0 Å². The predicted molar refractivity (Wildman–Crippen MR) is 252 cm³/mol. The molecule has 0 aliphatic heterocycles. The van der Waals surface area contributed by atoms with Crippen molar-refractivity contribution in [2.45, 2.75) is 0 Å². The second-order valence-corrected chi connectivity index (χ2v) is 15.0. The van der Waals surface area contributed by atoms with E-state index in [0.717, 1.165) is 84.4 Å². The Morgan fingerprint density at radius 1 is 0.355 bits per heavy atom. The monoisotopic (exact) mass is 798 g/mol. The average molecular weight is 799 g/mol. The van der Waals surface area contributed by atoms with Crippen LogP contribution in [0.25, 0.3) is 61.9 Å². The van der Waals surface area contributed by atoms with Gasteiger partial charge in [0, 0.05) is 57.1 Å². The van der Waals surface area contributed by atoms with Gasteiger partial charge in [-0.15, -0.1) is 0 Å². The molecule has 11 aromatic rings. The van der Waals surface area contributed by atoms with Crippen LogP contribution in [-0.4, -0.2) is 19.5 Å². The van der Waals surface area contributed by atoms with Crippen molar-refractivity contribution in [3.05, 3.63) is 231 Å². The second kappa shape index (κ2) is 15.9. The molecule has 62 heavy (non-hydrogen) atoms. The van der Waals surface area contributed by atoms with Crippen molar-refractivity contribution in [2.75, 3.05) is 9.80 Å². The number of oxazole rings is 1. The molecule has 0 spiro atoms. The zero-order valence-corrected chi connectivity index (χ0v) is 33.5. The van der Waals surface area contributed by atoms with Crippen molar-refractivity contribution in [3.63, 3.8) is 0 Å². The maximum atomic E-state index is 5.95. The lowest BCUT2D eigenvalue weighted by atomic mass is 10.0. The van der Waals surface area contributed by atoms with Crippen LogP contribution in [-0.2, 0) is 0 Å². The number of nitrogens with zero attached hydrogens (tertiary/aromatic N) is 6. The third-order valence-corrected chi connectivity index (χ3v) is 11.1. The van der Waals surface area contributed by atoms with E-state index in [1.807, 2.05) is 42.5 Å². The number of benzene rings is 8. The van der Waals surface area contributed by atoms with Gasteiger partial charge in [-0.2, -0.15) is 0 Å². The molecule has 0 bridgehead atoms. The van der Waals surface area contributed by atoms with Gasteiger partial charge in [-0.05, 0) is 145 Å². The molecule has 0 radical (unpaired) electrons. The van der Waals surface area contributed by atoms with Crippen molar-refractivity contribution in [2.24, 2.45) is 0 Å². The molecule has 3 heterocycles. The number of para-hydroxylation sites is 5. The van der Waals surface area contributed by atoms with Crippen molar-refractivity contribution in [1.29, 1.82) is 0 Å². The first-order valence-electron chi connectivity index (χ1n) is 20.6. The van der Waals surface area contributed by atoms with Crippen molar-refractivity contribution in [3.8, 4) is 39.7 Å². The summed E-state index contributed by atoms with van der Waals surface area (Å²) in [5.74, 6) is 1.46. The maximum absolute atomic E-state index is 5.95. The minimum Gasteiger partial charge on any atom is -0.418 e. The van der Waals surface area contributed by atoms with Gasteiger partial charge < -0.3 is 14.2 Å². The van der Waals surface area contributed by atoms with Crippen LogP contribution in [0.5, 0.6) is 0 Å². The molecule has 0 aliphatic rings. The Morgan fingerprint density at radius 2 is 0.790 bits per heavy atom. The van der Waals surface area contributed by atoms with Gasteiger partial charge in [-0.3, -0.25) is 4.57 Å². The molecule has 0 saturated heterocycles. The highest BCUT2D eigenvalue weighted by atomic mass is 16.4. The van der Waals surface area contributed by atoms with Crippen LogP contribution in [0, 0.1) is 0 Å². The number of fused-ring (bicyclic) bond motifs is 2. The van der Waals surface area contributed by atoms with Crippen molar-refractivity contribution < 1.29 is 4.42 Å². The summed E-state index contributed by atoms with van der Waals surface area (Å²) < 4.78 is 8.18. The van der Waals surface area contributed by atoms with Crippen LogP contribution in [0.4, 0.5) is 34.1 Å². The highest BCUT2D eigenvalue weighted by Gasteiger charge is 2.18. The molecule has 0 N–H and O–H groups in total. The predicted octanol–water partition coefficient (Wildman–Crippen LogP) is 14.5. The Hall–Kier alpha value is -8.55. The van der Waals surface area contributed by atoms with E-state index in [1.165, 1.54) is 0 Å². The molecule has 8 aromatic carbocycles. The van der Waals surface area contributed by atoms with Crippen LogP contribution in [0.1, 0.15) is 0 Å². The van der Waals surface area contributed by atoms with Gasteiger partial charge in [0.05, 0.1) is 11.0 Å².